The summed E-state index contributed by atoms with van der Waals surface area (Å²) in [5, 5.41) is 5.05. The van der Waals surface area contributed by atoms with Gasteiger partial charge >= 0.3 is 6.18 Å². The first kappa shape index (κ1) is 12.5. The van der Waals surface area contributed by atoms with E-state index in [1.54, 1.807) is 6.92 Å². The first-order valence-electron chi connectivity index (χ1n) is 4.81. The number of halogens is 3. The van der Waals surface area contributed by atoms with Gasteiger partial charge in [-0.15, -0.1) is 0 Å². The van der Waals surface area contributed by atoms with Gasteiger partial charge in [0, 0.05) is 18.3 Å². The number of alkyl halides is 3. The molecule has 4 nitrogen and oxygen atoms in total. The van der Waals surface area contributed by atoms with Gasteiger partial charge < -0.3 is 10.6 Å². The Morgan fingerprint density at radius 1 is 1.25 bits per heavy atom. The minimum absolute atomic E-state index is 0.167. The molecule has 1 heterocycles. The minimum atomic E-state index is -4.25. The highest BCUT2D eigenvalue weighted by molar-refractivity contribution is 5.42. The van der Waals surface area contributed by atoms with Gasteiger partial charge in [-0.2, -0.15) is 18.2 Å². The summed E-state index contributed by atoms with van der Waals surface area (Å²) in [5.74, 6) is 0.493. The highest BCUT2D eigenvalue weighted by Crippen LogP contribution is 2.16. The molecule has 0 aliphatic rings. The SMILES string of the molecule is CCNc1nc(C)cc(NCC(F)(F)F)n1. The molecule has 2 N–H and O–H groups in total. The third kappa shape index (κ3) is 4.33. The Hall–Kier alpha value is -1.53. The first-order valence-corrected chi connectivity index (χ1v) is 4.81. The van der Waals surface area contributed by atoms with Crippen molar-refractivity contribution in [1.82, 2.24) is 9.97 Å². The molecular weight excluding hydrogens is 221 g/mol. The zero-order valence-corrected chi connectivity index (χ0v) is 9.02. The zero-order valence-electron chi connectivity index (χ0n) is 9.02. The number of aryl methyl sites for hydroxylation is 1. The van der Waals surface area contributed by atoms with Crippen LogP contribution in [0.15, 0.2) is 6.07 Å². The highest BCUT2D eigenvalue weighted by atomic mass is 19.4. The van der Waals surface area contributed by atoms with Crippen molar-refractivity contribution in [3.63, 3.8) is 0 Å². The molecule has 0 bridgehead atoms. The van der Waals surface area contributed by atoms with Gasteiger partial charge in [0.05, 0.1) is 0 Å². The van der Waals surface area contributed by atoms with Gasteiger partial charge in [0.25, 0.3) is 0 Å². The van der Waals surface area contributed by atoms with Crippen LogP contribution in [0.5, 0.6) is 0 Å². The lowest BCUT2D eigenvalue weighted by Gasteiger charge is -2.10. The quantitative estimate of drug-likeness (QED) is 0.838. The fourth-order valence-electron chi connectivity index (χ4n) is 1.09. The normalized spacial score (nSPS) is 11.3. The second kappa shape index (κ2) is 5.00. The number of nitrogens with one attached hydrogen (secondary N) is 2. The van der Waals surface area contributed by atoms with Gasteiger partial charge in [-0.1, -0.05) is 0 Å². The van der Waals surface area contributed by atoms with E-state index in [-0.39, 0.29) is 5.82 Å². The summed E-state index contributed by atoms with van der Waals surface area (Å²) in [5.41, 5.74) is 0.607. The van der Waals surface area contributed by atoms with Crippen molar-refractivity contribution in [2.24, 2.45) is 0 Å². The first-order chi connectivity index (χ1) is 7.40. The van der Waals surface area contributed by atoms with Crippen molar-refractivity contribution in [1.29, 1.82) is 0 Å². The number of hydrogen-bond acceptors (Lipinski definition) is 4. The molecule has 90 valence electrons. The van der Waals surface area contributed by atoms with Crippen LogP contribution in [-0.2, 0) is 0 Å². The van der Waals surface area contributed by atoms with Gasteiger partial charge in [0.15, 0.2) is 0 Å². The summed E-state index contributed by atoms with van der Waals surface area (Å²) in [7, 11) is 0. The van der Waals surface area contributed by atoms with Gasteiger partial charge in [0.1, 0.15) is 12.4 Å². The number of anilines is 2. The summed E-state index contributed by atoms with van der Waals surface area (Å²) in [6.45, 7) is 3.06. The van der Waals surface area contributed by atoms with E-state index in [0.717, 1.165) is 0 Å². The topological polar surface area (TPSA) is 49.8 Å². The maximum Gasteiger partial charge on any atom is 0.405 e. The van der Waals surface area contributed by atoms with Crippen LogP contribution in [-0.4, -0.2) is 29.2 Å². The van der Waals surface area contributed by atoms with Crippen molar-refractivity contribution in [3.8, 4) is 0 Å². The van der Waals surface area contributed by atoms with Crippen molar-refractivity contribution < 1.29 is 13.2 Å². The fraction of sp³-hybridized carbons (Fsp3) is 0.556. The third-order valence-corrected chi connectivity index (χ3v) is 1.66. The number of rotatable bonds is 4. The lowest BCUT2D eigenvalue weighted by molar-refractivity contribution is -0.115. The van der Waals surface area contributed by atoms with Crippen LogP contribution in [0.2, 0.25) is 0 Å². The van der Waals surface area contributed by atoms with Gasteiger partial charge in [-0.3, -0.25) is 0 Å². The number of nitrogens with zero attached hydrogens (tertiary/aromatic N) is 2. The Morgan fingerprint density at radius 2 is 1.94 bits per heavy atom. The summed E-state index contributed by atoms with van der Waals surface area (Å²) >= 11 is 0. The van der Waals surface area contributed by atoms with Crippen LogP contribution in [0.1, 0.15) is 12.6 Å². The zero-order chi connectivity index (χ0) is 12.2. The van der Waals surface area contributed by atoms with E-state index in [1.165, 1.54) is 6.07 Å². The molecule has 0 saturated carbocycles. The monoisotopic (exact) mass is 234 g/mol. The van der Waals surface area contributed by atoms with Crippen molar-refractivity contribution in [2.45, 2.75) is 20.0 Å². The summed E-state index contributed by atoms with van der Waals surface area (Å²) in [6, 6.07) is 1.46. The van der Waals surface area contributed by atoms with E-state index >= 15 is 0 Å². The van der Waals surface area contributed by atoms with Crippen LogP contribution in [0.4, 0.5) is 24.9 Å². The molecule has 0 aliphatic carbocycles. The van der Waals surface area contributed by atoms with E-state index in [9.17, 15) is 13.2 Å². The van der Waals surface area contributed by atoms with Gasteiger partial charge in [-0.25, -0.2) is 4.98 Å². The Bertz CT molecular complexity index is 351. The minimum Gasteiger partial charge on any atom is -0.361 e. The Balaban J connectivity index is 2.72. The maximum atomic E-state index is 12.0. The second-order valence-electron chi connectivity index (χ2n) is 3.22. The average molecular weight is 234 g/mol. The Labute approximate surface area is 91.3 Å². The van der Waals surface area contributed by atoms with Crippen molar-refractivity contribution in [3.05, 3.63) is 11.8 Å². The largest absolute Gasteiger partial charge is 0.405 e. The molecule has 1 aromatic heterocycles. The predicted octanol–water partition coefficient (Wildman–Crippen LogP) is 2.19. The molecule has 0 radical (unpaired) electrons. The van der Waals surface area contributed by atoms with Crippen LogP contribution in [0.25, 0.3) is 0 Å². The molecule has 0 aromatic carbocycles. The highest BCUT2D eigenvalue weighted by Gasteiger charge is 2.26. The molecular formula is C9H13F3N4. The van der Waals surface area contributed by atoms with Gasteiger partial charge in [0.2, 0.25) is 5.95 Å². The van der Waals surface area contributed by atoms with E-state index in [4.69, 9.17) is 0 Å². The van der Waals surface area contributed by atoms with E-state index in [0.29, 0.717) is 18.2 Å². The van der Waals surface area contributed by atoms with Crippen LogP contribution in [0, 0.1) is 6.92 Å². The third-order valence-electron chi connectivity index (χ3n) is 1.66. The number of aromatic nitrogens is 2. The smallest absolute Gasteiger partial charge is 0.361 e. The lowest BCUT2D eigenvalue weighted by Crippen LogP contribution is -2.22. The van der Waals surface area contributed by atoms with E-state index in [2.05, 4.69) is 20.6 Å². The summed E-state index contributed by atoms with van der Waals surface area (Å²) in [4.78, 5) is 7.92. The molecule has 0 unspecified atom stereocenters. The fourth-order valence-corrected chi connectivity index (χ4v) is 1.09. The Kier molecular flexibility index (Phi) is 3.92. The van der Waals surface area contributed by atoms with Crippen LogP contribution < -0.4 is 10.6 Å². The molecule has 1 aromatic rings. The van der Waals surface area contributed by atoms with Crippen LogP contribution >= 0.6 is 0 Å². The van der Waals surface area contributed by atoms with E-state index < -0.39 is 12.7 Å². The molecule has 1 rings (SSSR count). The van der Waals surface area contributed by atoms with Crippen LogP contribution in [0.3, 0.4) is 0 Å². The molecule has 0 saturated heterocycles. The second-order valence-corrected chi connectivity index (χ2v) is 3.22. The predicted molar refractivity (Wildman–Crippen MR) is 55.5 cm³/mol. The van der Waals surface area contributed by atoms with E-state index in [1.807, 2.05) is 6.92 Å². The molecule has 0 atom stereocenters. The molecule has 0 spiro atoms. The van der Waals surface area contributed by atoms with Crippen molar-refractivity contribution in [2.75, 3.05) is 23.7 Å². The molecule has 7 heteroatoms. The molecule has 16 heavy (non-hydrogen) atoms. The van der Waals surface area contributed by atoms with Crippen molar-refractivity contribution >= 4 is 11.8 Å². The standard InChI is InChI=1S/C9H13F3N4/c1-3-13-8-15-6(2)4-7(16-8)14-5-9(10,11)12/h4H,3,5H2,1-2H3,(H2,13,14,15,16). The molecule has 0 aliphatic heterocycles. The molecule has 0 amide bonds. The number of hydrogen-bond donors (Lipinski definition) is 2. The Morgan fingerprint density at radius 3 is 2.50 bits per heavy atom. The lowest BCUT2D eigenvalue weighted by atomic mass is 10.4. The summed E-state index contributed by atoms with van der Waals surface area (Å²) in [6.07, 6.45) is -4.25. The maximum absolute atomic E-state index is 12.0. The summed E-state index contributed by atoms with van der Waals surface area (Å²) < 4.78 is 35.9. The average Bonchev–Trinajstić information content (AvgIpc) is 2.13. The van der Waals surface area contributed by atoms with Gasteiger partial charge in [-0.05, 0) is 13.8 Å². The molecule has 0 fully saturated rings.